The summed E-state index contributed by atoms with van der Waals surface area (Å²) in [7, 11) is 0. The lowest BCUT2D eigenvalue weighted by Gasteiger charge is -2.37. The molecule has 1 aliphatic heterocycles. The predicted molar refractivity (Wildman–Crippen MR) is 126 cm³/mol. The molecule has 172 valence electrons. The Kier molecular flexibility index (Phi) is 4.91. The van der Waals surface area contributed by atoms with E-state index in [0.717, 1.165) is 17.0 Å². The van der Waals surface area contributed by atoms with Gasteiger partial charge in [0.05, 0.1) is 27.4 Å². The molecule has 0 N–H and O–H groups in total. The molecular formula is C25H20BrN3O5. The van der Waals surface area contributed by atoms with Crippen LogP contribution in [0.25, 0.3) is 0 Å². The van der Waals surface area contributed by atoms with Crippen molar-refractivity contribution in [2.75, 3.05) is 0 Å². The van der Waals surface area contributed by atoms with Crippen molar-refractivity contribution in [1.82, 2.24) is 5.01 Å². The molecule has 2 amide bonds. The molecule has 1 saturated heterocycles. The summed E-state index contributed by atoms with van der Waals surface area (Å²) in [4.78, 5) is 36.4. The van der Waals surface area contributed by atoms with Crippen molar-refractivity contribution in [3.8, 4) is 5.75 Å². The summed E-state index contributed by atoms with van der Waals surface area (Å²) in [6, 6.07) is 11.5. The third-order valence-corrected chi connectivity index (χ3v) is 8.08. The lowest BCUT2D eigenvalue weighted by Crippen LogP contribution is -2.40. The lowest BCUT2D eigenvalue weighted by atomic mass is 9.63. The molecule has 2 bridgehead atoms. The second kappa shape index (κ2) is 7.87. The summed E-state index contributed by atoms with van der Waals surface area (Å²) < 4.78 is 6.50. The maximum Gasteiger partial charge on any atom is 0.269 e. The Balaban J connectivity index is 1.12. The van der Waals surface area contributed by atoms with E-state index < -0.39 is 4.92 Å². The molecule has 2 saturated carbocycles. The second-order valence-electron chi connectivity index (χ2n) is 9.29. The first-order chi connectivity index (χ1) is 16.4. The first-order valence-corrected chi connectivity index (χ1v) is 12.0. The van der Waals surface area contributed by atoms with E-state index in [0.29, 0.717) is 27.6 Å². The van der Waals surface area contributed by atoms with Gasteiger partial charge in [0.2, 0.25) is 0 Å². The molecule has 0 spiro atoms. The van der Waals surface area contributed by atoms with Crippen molar-refractivity contribution in [1.29, 1.82) is 0 Å². The quantitative estimate of drug-likeness (QED) is 0.185. The van der Waals surface area contributed by atoms with Gasteiger partial charge in [-0.15, -0.1) is 0 Å². The molecule has 8 nitrogen and oxygen atoms in total. The summed E-state index contributed by atoms with van der Waals surface area (Å²) in [6.07, 6.45) is 6.94. The summed E-state index contributed by atoms with van der Waals surface area (Å²) in [5.41, 5.74) is 1.55. The summed E-state index contributed by atoms with van der Waals surface area (Å²) in [5.74, 6) is 1.19. The van der Waals surface area contributed by atoms with E-state index in [4.69, 9.17) is 4.74 Å². The van der Waals surface area contributed by atoms with Gasteiger partial charge in [-0.1, -0.05) is 12.2 Å². The number of carbonyl (C=O) groups is 2. The van der Waals surface area contributed by atoms with Crippen molar-refractivity contribution in [3.63, 3.8) is 0 Å². The largest absolute Gasteiger partial charge is 0.488 e. The van der Waals surface area contributed by atoms with Gasteiger partial charge in [-0.25, -0.2) is 0 Å². The molecule has 9 heteroatoms. The first-order valence-electron chi connectivity index (χ1n) is 11.2. The SMILES string of the molecule is O=C1[C@@H]2[C@H]3C=C[C@@H]([C@@H]4C[C@@H]34)[C@H]2C(=O)N1/N=C\c1ccc(OCc2ccc([N+](=O)[O-])cc2)c(Br)c1. The summed E-state index contributed by atoms with van der Waals surface area (Å²) in [5, 5.41) is 16.1. The van der Waals surface area contributed by atoms with Crippen LogP contribution >= 0.6 is 15.9 Å². The van der Waals surface area contributed by atoms with E-state index in [1.54, 1.807) is 30.3 Å². The minimum atomic E-state index is -0.442. The Labute approximate surface area is 203 Å². The fourth-order valence-corrected chi connectivity index (χ4v) is 6.28. The van der Waals surface area contributed by atoms with E-state index in [2.05, 4.69) is 33.2 Å². The molecular weight excluding hydrogens is 502 g/mol. The molecule has 5 aliphatic rings. The number of non-ortho nitro benzene ring substituents is 1. The monoisotopic (exact) mass is 521 g/mol. The van der Waals surface area contributed by atoms with Gasteiger partial charge >= 0.3 is 0 Å². The maximum atomic E-state index is 13.0. The number of amides is 2. The highest BCUT2D eigenvalue weighted by Gasteiger charge is 2.67. The van der Waals surface area contributed by atoms with Gasteiger partial charge < -0.3 is 4.74 Å². The van der Waals surface area contributed by atoms with Crippen LogP contribution in [0, 0.1) is 45.6 Å². The Hall–Kier alpha value is -3.33. The molecule has 0 unspecified atom stereocenters. The van der Waals surface area contributed by atoms with Crippen molar-refractivity contribution < 1.29 is 19.2 Å². The van der Waals surface area contributed by atoms with Crippen molar-refractivity contribution in [2.24, 2.45) is 40.6 Å². The third kappa shape index (κ3) is 3.37. The number of nitrogens with zero attached hydrogens (tertiary/aromatic N) is 3. The predicted octanol–water partition coefficient (Wildman–Crippen LogP) is 4.32. The molecule has 3 fully saturated rings. The van der Waals surface area contributed by atoms with E-state index >= 15 is 0 Å². The maximum absolute atomic E-state index is 13.0. The number of hydrogen-bond acceptors (Lipinski definition) is 6. The van der Waals surface area contributed by atoms with Crippen LogP contribution in [0.15, 0.2) is 64.2 Å². The number of carbonyl (C=O) groups excluding carboxylic acids is 2. The molecule has 4 aliphatic carbocycles. The molecule has 1 heterocycles. The van der Waals surface area contributed by atoms with Gasteiger partial charge in [-0.2, -0.15) is 10.1 Å². The molecule has 0 radical (unpaired) electrons. The Bertz CT molecular complexity index is 1240. The normalized spacial score (nSPS) is 30.6. The molecule has 34 heavy (non-hydrogen) atoms. The number of benzene rings is 2. The van der Waals surface area contributed by atoms with Crippen LogP contribution in [0.4, 0.5) is 5.69 Å². The van der Waals surface area contributed by atoms with Crippen LogP contribution in [-0.4, -0.2) is 28.0 Å². The van der Waals surface area contributed by atoms with Gasteiger partial charge in [0.15, 0.2) is 0 Å². The molecule has 0 aromatic heterocycles. The van der Waals surface area contributed by atoms with Crippen molar-refractivity contribution >= 4 is 39.6 Å². The molecule has 7 rings (SSSR count). The average molecular weight is 522 g/mol. The van der Waals surface area contributed by atoms with E-state index in [1.807, 2.05) is 0 Å². The zero-order valence-electron chi connectivity index (χ0n) is 17.9. The Morgan fingerprint density at radius 1 is 1.06 bits per heavy atom. The number of nitro groups is 1. The van der Waals surface area contributed by atoms with Gasteiger partial charge in [-0.05, 0) is 87.5 Å². The smallest absolute Gasteiger partial charge is 0.269 e. The molecule has 2 aromatic rings. The standard InChI is InChI=1S/C25H20BrN3O5/c26-20-9-14(3-8-21(20)34-12-13-1-4-15(5-2-13)29(32)33)11-27-28-24(30)22-16-6-7-17(19-10-18(16)19)23(22)25(28)31/h1-9,11,16-19,22-23H,10,12H2/b27-11-/t16-,17-,18-,19-,22+,23+/m0/s1. The van der Waals surface area contributed by atoms with Gasteiger partial charge in [0, 0.05) is 12.1 Å². The summed E-state index contributed by atoms with van der Waals surface area (Å²) >= 11 is 3.48. The minimum absolute atomic E-state index is 0.0310. The fraction of sp³-hybridized carbons (Fsp3) is 0.320. The van der Waals surface area contributed by atoms with E-state index in [1.165, 1.54) is 18.3 Å². The second-order valence-corrected chi connectivity index (χ2v) is 10.1. The number of hydrogen-bond donors (Lipinski definition) is 0. The molecule has 2 aromatic carbocycles. The number of allylic oxidation sites excluding steroid dienone is 2. The highest BCUT2D eigenvalue weighted by molar-refractivity contribution is 9.10. The number of imide groups is 1. The topological polar surface area (TPSA) is 102 Å². The highest BCUT2D eigenvalue weighted by atomic mass is 79.9. The summed E-state index contributed by atoms with van der Waals surface area (Å²) in [6.45, 7) is 0.252. The average Bonchev–Trinajstić information content (AvgIpc) is 3.62. The van der Waals surface area contributed by atoms with Crippen LogP contribution < -0.4 is 4.74 Å². The van der Waals surface area contributed by atoms with Gasteiger partial charge in [0.25, 0.3) is 17.5 Å². The first kappa shape index (κ1) is 21.2. The highest BCUT2D eigenvalue weighted by Crippen LogP contribution is 2.65. The minimum Gasteiger partial charge on any atom is -0.488 e. The zero-order valence-corrected chi connectivity index (χ0v) is 19.5. The van der Waals surface area contributed by atoms with Gasteiger partial charge in [0.1, 0.15) is 12.4 Å². The third-order valence-electron chi connectivity index (χ3n) is 7.46. The van der Waals surface area contributed by atoms with Crippen LogP contribution in [-0.2, 0) is 16.2 Å². The zero-order chi connectivity index (χ0) is 23.6. The van der Waals surface area contributed by atoms with Gasteiger partial charge in [-0.3, -0.25) is 19.7 Å². The number of hydrazone groups is 1. The van der Waals surface area contributed by atoms with E-state index in [-0.39, 0.29) is 47.8 Å². The van der Waals surface area contributed by atoms with E-state index in [9.17, 15) is 19.7 Å². The fourth-order valence-electron chi connectivity index (χ4n) is 5.77. The number of halogens is 1. The van der Waals surface area contributed by atoms with Crippen LogP contribution in [0.2, 0.25) is 0 Å². The Morgan fingerprint density at radius 3 is 2.29 bits per heavy atom. The van der Waals surface area contributed by atoms with Crippen molar-refractivity contribution in [3.05, 3.63) is 80.3 Å². The lowest BCUT2D eigenvalue weighted by molar-refractivity contribution is -0.384. The van der Waals surface area contributed by atoms with Crippen LogP contribution in [0.5, 0.6) is 5.75 Å². The van der Waals surface area contributed by atoms with Crippen LogP contribution in [0.1, 0.15) is 17.5 Å². The van der Waals surface area contributed by atoms with Crippen molar-refractivity contribution in [2.45, 2.75) is 13.0 Å². The Morgan fingerprint density at radius 2 is 1.71 bits per heavy atom. The number of rotatable bonds is 6. The number of ether oxygens (including phenoxy) is 1. The van der Waals surface area contributed by atoms with Crippen LogP contribution in [0.3, 0.4) is 0 Å². The number of nitro benzene ring substituents is 1. The molecule has 6 atom stereocenters.